The Bertz CT molecular complexity index is 1550. The van der Waals surface area contributed by atoms with Crippen molar-refractivity contribution < 1.29 is 38.0 Å². The second-order valence-electron chi connectivity index (χ2n) is 9.59. The van der Waals surface area contributed by atoms with E-state index in [9.17, 15) is 23.8 Å². The molecule has 1 aliphatic heterocycles. The summed E-state index contributed by atoms with van der Waals surface area (Å²) in [6, 6.07) is 11.4. The molecule has 38 heavy (non-hydrogen) atoms. The van der Waals surface area contributed by atoms with Crippen LogP contribution in [-0.4, -0.2) is 48.2 Å². The van der Waals surface area contributed by atoms with E-state index in [-0.39, 0.29) is 22.8 Å². The summed E-state index contributed by atoms with van der Waals surface area (Å²) in [5.74, 6) is -2.45. The van der Waals surface area contributed by atoms with Gasteiger partial charge in [-0.3, -0.25) is 0 Å². The van der Waals surface area contributed by atoms with Gasteiger partial charge in [-0.25, -0.2) is 13.6 Å². The number of phenolic OH excluding ortho intramolecular Hbond substituents is 1. The maximum absolute atomic E-state index is 14.8. The van der Waals surface area contributed by atoms with Crippen molar-refractivity contribution in [2.75, 3.05) is 27.4 Å². The van der Waals surface area contributed by atoms with Gasteiger partial charge in [0.2, 0.25) is 0 Å². The number of methoxy groups -OCH3 is 2. The van der Waals surface area contributed by atoms with Gasteiger partial charge in [0.15, 0.2) is 11.6 Å². The minimum atomic E-state index is -1.14. The molecule has 198 valence electrons. The number of hydrogen-bond acceptors (Lipinski definition) is 5. The molecule has 1 saturated heterocycles. The van der Waals surface area contributed by atoms with Crippen LogP contribution >= 0.6 is 0 Å². The Labute approximate surface area is 217 Å². The first-order valence-corrected chi connectivity index (χ1v) is 12.1. The Balaban J connectivity index is 1.95. The van der Waals surface area contributed by atoms with E-state index in [1.54, 1.807) is 18.2 Å². The first kappa shape index (κ1) is 25.5. The van der Waals surface area contributed by atoms with E-state index in [0.717, 1.165) is 11.8 Å². The molecular weight excluding hydrogens is 496 g/mol. The minimum absolute atomic E-state index is 0.0158. The molecule has 1 fully saturated rings. The molecule has 0 saturated carbocycles. The SMILES string of the molecule is COc1cc(-n2c(C3(C)CCOCC3)c(-c3ccc(C(=O)O)c(OC)c3)c3c(O)cc(F)cc32)ccc1F. The highest BCUT2D eigenvalue weighted by atomic mass is 19.1. The molecule has 0 atom stereocenters. The second-order valence-corrected chi connectivity index (χ2v) is 9.59. The Hall–Kier alpha value is -4.11. The van der Waals surface area contributed by atoms with E-state index in [1.807, 2.05) is 4.57 Å². The summed E-state index contributed by atoms with van der Waals surface area (Å²) < 4.78 is 47.3. The largest absolute Gasteiger partial charge is 0.507 e. The van der Waals surface area contributed by atoms with Gasteiger partial charge in [-0.1, -0.05) is 13.0 Å². The summed E-state index contributed by atoms with van der Waals surface area (Å²) >= 11 is 0. The highest BCUT2D eigenvalue weighted by Crippen LogP contribution is 2.50. The van der Waals surface area contributed by atoms with Gasteiger partial charge in [-0.2, -0.15) is 0 Å². The minimum Gasteiger partial charge on any atom is -0.507 e. The molecular formula is C29H27F2NO6. The van der Waals surface area contributed by atoms with Crippen LogP contribution in [0.2, 0.25) is 0 Å². The van der Waals surface area contributed by atoms with Crippen LogP contribution in [0.4, 0.5) is 8.78 Å². The van der Waals surface area contributed by atoms with E-state index in [1.165, 1.54) is 38.5 Å². The van der Waals surface area contributed by atoms with Crippen LogP contribution in [0.15, 0.2) is 48.5 Å². The van der Waals surface area contributed by atoms with Gasteiger partial charge in [-0.15, -0.1) is 0 Å². The predicted molar refractivity (Wildman–Crippen MR) is 138 cm³/mol. The van der Waals surface area contributed by atoms with E-state index in [2.05, 4.69) is 6.92 Å². The van der Waals surface area contributed by atoms with Crippen LogP contribution < -0.4 is 9.47 Å². The number of carboxylic acid groups (broad SMARTS) is 1. The highest BCUT2D eigenvalue weighted by molar-refractivity contribution is 6.04. The van der Waals surface area contributed by atoms with Crippen LogP contribution in [0, 0.1) is 11.6 Å². The molecule has 0 unspecified atom stereocenters. The number of phenols is 1. The van der Waals surface area contributed by atoms with Crippen LogP contribution in [-0.2, 0) is 10.2 Å². The number of rotatable bonds is 6. The maximum atomic E-state index is 14.8. The quantitative estimate of drug-likeness (QED) is 0.319. The molecule has 5 rings (SSSR count). The summed E-state index contributed by atoms with van der Waals surface area (Å²) in [7, 11) is 2.75. The van der Waals surface area contributed by atoms with Gasteiger partial charge in [0.05, 0.1) is 25.1 Å². The van der Waals surface area contributed by atoms with Gasteiger partial charge in [0.1, 0.15) is 22.9 Å². The molecule has 9 heteroatoms. The zero-order chi connectivity index (χ0) is 27.2. The van der Waals surface area contributed by atoms with Gasteiger partial charge < -0.3 is 29.0 Å². The Morgan fingerprint density at radius 2 is 1.71 bits per heavy atom. The maximum Gasteiger partial charge on any atom is 0.339 e. The summed E-state index contributed by atoms with van der Waals surface area (Å²) in [5.41, 5.74) is 2.29. The van der Waals surface area contributed by atoms with Crippen molar-refractivity contribution in [3.63, 3.8) is 0 Å². The van der Waals surface area contributed by atoms with Crippen molar-refractivity contribution in [2.24, 2.45) is 0 Å². The average molecular weight is 524 g/mol. The fourth-order valence-electron chi connectivity index (χ4n) is 5.35. The van der Waals surface area contributed by atoms with E-state index in [0.29, 0.717) is 53.8 Å². The number of halogens is 2. The summed E-state index contributed by atoms with van der Waals surface area (Å²) in [5, 5.41) is 21.1. The fraction of sp³-hybridized carbons (Fsp3) is 0.276. The summed E-state index contributed by atoms with van der Waals surface area (Å²) in [4.78, 5) is 11.8. The molecule has 1 aliphatic rings. The number of benzene rings is 3. The molecule has 7 nitrogen and oxygen atoms in total. The molecule has 0 spiro atoms. The van der Waals surface area contributed by atoms with Gasteiger partial charge in [0.25, 0.3) is 0 Å². The van der Waals surface area contributed by atoms with Gasteiger partial charge in [-0.05, 0) is 48.7 Å². The lowest BCUT2D eigenvalue weighted by molar-refractivity contribution is 0.0548. The molecule has 2 heterocycles. The Kier molecular flexibility index (Phi) is 6.48. The highest BCUT2D eigenvalue weighted by Gasteiger charge is 2.38. The lowest BCUT2D eigenvalue weighted by Gasteiger charge is -2.36. The molecule has 4 aromatic rings. The van der Waals surface area contributed by atoms with Crippen molar-refractivity contribution in [2.45, 2.75) is 25.2 Å². The number of nitrogens with zero attached hydrogens (tertiary/aromatic N) is 1. The van der Waals surface area contributed by atoms with E-state index >= 15 is 0 Å². The number of carboxylic acids is 1. The number of aromatic nitrogens is 1. The second kappa shape index (κ2) is 9.64. The number of aromatic hydroxyl groups is 1. The van der Waals surface area contributed by atoms with Crippen molar-refractivity contribution in [3.8, 4) is 34.1 Å². The Morgan fingerprint density at radius 3 is 2.37 bits per heavy atom. The molecule has 0 amide bonds. The normalized spacial score (nSPS) is 15.0. The first-order valence-electron chi connectivity index (χ1n) is 12.1. The number of fused-ring (bicyclic) bond motifs is 1. The lowest BCUT2D eigenvalue weighted by atomic mass is 9.76. The molecule has 2 N–H and O–H groups in total. The fourth-order valence-corrected chi connectivity index (χ4v) is 5.35. The van der Waals surface area contributed by atoms with Crippen molar-refractivity contribution in [1.82, 2.24) is 4.57 Å². The molecule has 0 aliphatic carbocycles. The average Bonchev–Trinajstić information content (AvgIpc) is 3.25. The third-order valence-electron chi connectivity index (χ3n) is 7.29. The molecule has 3 aromatic carbocycles. The van der Waals surface area contributed by atoms with E-state index < -0.39 is 23.0 Å². The van der Waals surface area contributed by atoms with Crippen LogP contribution in [0.1, 0.15) is 35.8 Å². The summed E-state index contributed by atoms with van der Waals surface area (Å²) in [6.07, 6.45) is 1.25. The van der Waals surface area contributed by atoms with Crippen molar-refractivity contribution in [3.05, 3.63) is 71.4 Å². The van der Waals surface area contributed by atoms with Crippen LogP contribution in [0.25, 0.3) is 27.7 Å². The van der Waals surface area contributed by atoms with Crippen molar-refractivity contribution >= 4 is 16.9 Å². The van der Waals surface area contributed by atoms with E-state index in [4.69, 9.17) is 14.2 Å². The van der Waals surface area contributed by atoms with Gasteiger partial charge >= 0.3 is 5.97 Å². The topological polar surface area (TPSA) is 90.2 Å². The van der Waals surface area contributed by atoms with Crippen LogP contribution in [0.5, 0.6) is 17.2 Å². The predicted octanol–water partition coefficient (Wildman–Crippen LogP) is 6.06. The summed E-state index contributed by atoms with van der Waals surface area (Å²) in [6.45, 7) is 3.05. The zero-order valence-electron chi connectivity index (χ0n) is 21.2. The Morgan fingerprint density at radius 1 is 1.00 bits per heavy atom. The number of hydrogen-bond donors (Lipinski definition) is 2. The standard InChI is InChI=1S/C29H27F2NO6/c1-29(8-10-38-11-9-29)27-25(16-4-6-19(28(34)35)23(12-16)36-2)26-21(13-17(30)14-22(26)33)32(27)18-5-7-20(31)24(15-18)37-3/h4-7,12-15,33H,8-11H2,1-3H3,(H,34,35). The molecule has 0 bridgehead atoms. The molecule has 0 radical (unpaired) electrons. The zero-order valence-corrected chi connectivity index (χ0v) is 21.2. The lowest BCUT2D eigenvalue weighted by Crippen LogP contribution is -2.33. The molecule has 1 aromatic heterocycles. The van der Waals surface area contributed by atoms with Gasteiger partial charge in [0, 0.05) is 47.7 Å². The monoisotopic (exact) mass is 523 g/mol. The smallest absolute Gasteiger partial charge is 0.339 e. The number of carbonyl (C=O) groups is 1. The number of ether oxygens (including phenoxy) is 3. The first-order chi connectivity index (χ1) is 18.2. The number of aromatic carboxylic acids is 1. The van der Waals surface area contributed by atoms with Crippen molar-refractivity contribution in [1.29, 1.82) is 0 Å². The third kappa shape index (κ3) is 4.12. The van der Waals surface area contributed by atoms with Crippen LogP contribution in [0.3, 0.4) is 0 Å². The third-order valence-corrected chi connectivity index (χ3v) is 7.29.